The van der Waals surface area contributed by atoms with Crippen LogP contribution >= 0.6 is 0 Å². The standard InChI is InChI=1S/C15H18N4O2/c1-20-8-11-13-12(9-5-3-2-4-6-9)10(7-16)14(17)21-15(13)19-18-11/h3,5,9,12H,2,4,6,8,17H2,1H3,(H,18,19)/t9-,12+/m1/s1. The topological polar surface area (TPSA) is 97.0 Å². The number of nitrogens with one attached hydrogen (secondary N) is 1. The number of allylic oxidation sites excluding steroid dienone is 3. The van der Waals surface area contributed by atoms with Crippen LogP contribution in [0.2, 0.25) is 0 Å². The van der Waals surface area contributed by atoms with E-state index in [4.69, 9.17) is 15.2 Å². The number of nitrogens with zero attached hydrogens (tertiary/aromatic N) is 2. The molecule has 1 aliphatic carbocycles. The Morgan fingerprint density at radius 2 is 2.48 bits per heavy atom. The van der Waals surface area contributed by atoms with Crippen LogP contribution in [0.15, 0.2) is 23.6 Å². The van der Waals surface area contributed by atoms with E-state index in [1.54, 1.807) is 7.11 Å². The number of rotatable bonds is 3. The molecule has 21 heavy (non-hydrogen) atoms. The molecule has 110 valence electrons. The second kappa shape index (κ2) is 5.62. The number of ether oxygens (including phenoxy) is 2. The van der Waals surface area contributed by atoms with E-state index in [9.17, 15) is 5.26 Å². The van der Waals surface area contributed by atoms with Gasteiger partial charge in [0.05, 0.1) is 17.9 Å². The summed E-state index contributed by atoms with van der Waals surface area (Å²) in [6.07, 6.45) is 7.58. The van der Waals surface area contributed by atoms with Crippen LogP contribution in [0.5, 0.6) is 5.88 Å². The Kier molecular flexibility index (Phi) is 3.67. The van der Waals surface area contributed by atoms with Gasteiger partial charge in [0.15, 0.2) is 0 Å². The van der Waals surface area contributed by atoms with Gasteiger partial charge >= 0.3 is 0 Å². The van der Waals surface area contributed by atoms with Crippen molar-refractivity contribution in [1.82, 2.24) is 10.2 Å². The summed E-state index contributed by atoms with van der Waals surface area (Å²) >= 11 is 0. The van der Waals surface area contributed by atoms with Crippen LogP contribution in [0.4, 0.5) is 0 Å². The molecule has 1 aromatic heterocycles. The SMILES string of the molecule is COCc1[nH]nc2c1[C@@H]([C@@H]1C=CCCC1)C(C#N)=C(N)O2. The molecule has 1 aliphatic heterocycles. The van der Waals surface area contributed by atoms with Crippen LogP contribution in [0, 0.1) is 17.2 Å². The largest absolute Gasteiger partial charge is 0.420 e. The molecule has 0 aromatic carbocycles. The van der Waals surface area contributed by atoms with Gasteiger partial charge in [0, 0.05) is 18.6 Å². The van der Waals surface area contributed by atoms with E-state index < -0.39 is 0 Å². The Hall–Kier alpha value is -2.26. The first-order chi connectivity index (χ1) is 10.3. The number of aromatic nitrogens is 2. The van der Waals surface area contributed by atoms with Gasteiger partial charge in [0.1, 0.15) is 6.07 Å². The average molecular weight is 286 g/mol. The third-order valence-corrected chi connectivity index (χ3v) is 4.07. The molecular formula is C15H18N4O2. The van der Waals surface area contributed by atoms with E-state index in [1.165, 1.54) is 0 Å². The number of nitriles is 1. The molecule has 1 aromatic rings. The van der Waals surface area contributed by atoms with Crippen molar-refractivity contribution in [3.8, 4) is 11.9 Å². The maximum absolute atomic E-state index is 9.49. The molecule has 3 rings (SSSR count). The Labute approximate surface area is 123 Å². The maximum Gasteiger partial charge on any atom is 0.244 e. The van der Waals surface area contributed by atoms with Crippen molar-refractivity contribution in [1.29, 1.82) is 5.26 Å². The van der Waals surface area contributed by atoms with E-state index in [0.717, 1.165) is 30.5 Å². The summed E-state index contributed by atoms with van der Waals surface area (Å²) in [7, 11) is 1.63. The zero-order chi connectivity index (χ0) is 14.8. The normalized spacial score (nSPS) is 24.4. The van der Waals surface area contributed by atoms with Gasteiger partial charge in [-0.3, -0.25) is 5.10 Å². The highest BCUT2D eigenvalue weighted by atomic mass is 16.5. The number of aromatic amines is 1. The van der Waals surface area contributed by atoms with Gasteiger partial charge in [-0.1, -0.05) is 12.2 Å². The lowest BCUT2D eigenvalue weighted by Gasteiger charge is -2.30. The number of nitrogens with two attached hydrogens (primary N) is 1. The third-order valence-electron chi connectivity index (χ3n) is 4.07. The molecule has 0 saturated heterocycles. The highest BCUT2D eigenvalue weighted by Gasteiger charge is 2.38. The van der Waals surface area contributed by atoms with Crippen molar-refractivity contribution in [3.05, 3.63) is 34.9 Å². The predicted molar refractivity (Wildman–Crippen MR) is 76.0 cm³/mol. The second-order valence-corrected chi connectivity index (χ2v) is 5.35. The zero-order valence-corrected chi connectivity index (χ0v) is 11.9. The fraction of sp³-hybridized carbons (Fsp3) is 0.467. The molecular weight excluding hydrogens is 268 g/mol. The van der Waals surface area contributed by atoms with Crippen LogP contribution < -0.4 is 10.5 Å². The molecule has 2 atom stereocenters. The molecule has 3 N–H and O–H groups in total. The lowest BCUT2D eigenvalue weighted by Crippen LogP contribution is -2.25. The van der Waals surface area contributed by atoms with Crippen LogP contribution in [0.1, 0.15) is 36.4 Å². The zero-order valence-electron chi connectivity index (χ0n) is 11.9. The molecule has 0 unspecified atom stereocenters. The molecule has 2 aliphatic rings. The first kappa shape index (κ1) is 13.7. The van der Waals surface area contributed by atoms with E-state index in [1.807, 2.05) is 0 Å². The first-order valence-electron chi connectivity index (χ1n) is 7.06. The minimum Gasteiger partial charge on any atom is -0.420 e. The van der Waals surface area contributed by atoms with E-state index in [-0.39, 0.29) is 17.7 Å². The molecule has 0 amide bonds. The Morgan fingerprint density at radius 3 is 3.14 bits per heavy atom. The van der Waals surface area contributed by atoms with Crippen molar-refractivity contribution in [2.75, 3.05) is 7.11 Å². The van der Waals surface area contributed by atoms with Gasteiger partial charge < -0.3 is 15.2 Å². The summed E-state index contributed by atoms with van der Waals surface area (Å²) in [4.78, 5) is 0. The number of fused-ring (bicyclic) bond motifs is 1. The van der Waals surface area contributed by atoms with Crippen LogP contribution in [-0.2, 0) is 11.3 Å². The van der Waals surface area contributed by atoms with Crippen LogP contribution in [0.25, 0.3) is 0 Å². The maximum atomic E-state index is 9.49. The van der Waals surface area contributed by atoms with Crippen LogP contribution in [0.3, 0.4) is 0 Å². The third kappa shape index (κ3) is 2.30. The Morgan fingerprint density at radius 1 is 1.62 bits per heavy atom. The summed E-state index contributed by atoms with van der Waals surface area (Å²) < 4.78 is 10.7. The van der Waals surface area contributed by atoms with Gasteiger partial charge in [-0.25, -0.2) is 0 Å². The Balaban J connectivity index is 2.09. The van der Waals surface area contributed by atoms with Crippen molar-refractivity contribution < 1.29 is 9.47 Å². The van der Waals surface area contributed by atoms with Crippen molar-refractivity contribution in [3.63, 3.8) is 0 Å². The fourth-order valence-electron chi connectivity index (χ4n) is 3.15. The van der Waals surface area contributed by atoms with Gasteiger partial charge in [-0.15, -0.1) is 5.10 Å². The summed E-state index contributed by atoms with van der Waals surface area (Å²) in [6, 6.07) is 2.21. The molecule has 0 fully saturated rings. The molecule has 0 radical (unpaired) electrons. The smallest absolute Gasteiger partial charge is 0.244 e. The van der Waals surface area contributed by atoms with Crippen molar-refractivity contribution in [2.45, 2.75) is 31.8 Å². The summed E-state index contributed by atoms with van der Waals surface area (Å²) in [5.74, 6) is 0.744. The highest BCUT2D eigenvalue weighted by Crippen LogP contribution is 2.45. The Bertz CT molecular complexity index is 639. The van der Waals surface area contributed by atoms with Crippen molar-refractivity contribution >= 4 is 0 Å². The summed E-state index contributed by atoms with van der Waals surface area (Å²) in [5, 5.41) is 16.6. The number of hydrogen-bond acceptors (Lipinski definition) is 5. The minimum absolute atomic E-state index is 0.112. The minimum atomic E-state index is -0.112. The number of methoxy groups -OCH3 is 1. The molecule has 0 bridgehead atoms. The molecule has 6 heteroatoms. The molecule has 0 saturated carbocycles. The van der Waals surface area contributed by atoms with Gasteiger partial charge in [0.2, 0.25) is 11.8 Å². The lowest BCUT2D eigenvalue weighted by molar-refractivity contribution is 0.180. The first-order valence-corrected chi connectivity index (χ1v) is 7.06. The van der Waals surface area contributed by atoms with E-state index in [2.05, 4.69) is 28.4 Å². The van der Waals surface area contributed by atoms with E-state index >= 15 is 0 Å². The molecule has 6 nitrogen and oxygen atoms in total. The lowest BCUT2D eigenvalue weighted by atomic mass is 9.75. The van der Waals surface area contributed by atoms with Crippen molar-refractivity contribution in [2.24, 2.45) is 11.7 Å². The predicted octanol–water partition coefficient (Wildman–Crippen LogP) is 2.08. The quantitative estimate of drug-likeness (QED) is 0.829. The molecule has 2 heterocycles. The van der Waals surface area contributed by atoms with Crippen LogP contribution in [-0.4, -0.2) is 17.3 Å². The van der Waals surface area contributed by atoms with Gasteiger partial charge in [-0.05, 0) is 25.2 Å². The summed E-state index contributed by atoms with van der Waals surface area (Å²) in [6.45, 7) is 0.400. The highest BCUT2D eigenvalue weighted by molar-refractivity contribution is 5.50. The average Bonchev–Trinajstić information content (AvgIpc) is 2.89. The van der Waals surface area contributed by atoms with Gasteiger partial charge in [0.25, 0.3) is 0 Å². The number of H-pyrrole nitrogens is 1. The molecule has 0 spiro atoms. The summed E-state index contributed by atoms with van der Waals surface area (Å²) in [5.41, 5.74) is 8.14. The van der Waals surface area contributed by atoms with Gasteiger partial charge in [-0.2, -0.15) is 5.26 Å². The second-order valence-electron chi connectivity index (χ2n) is 5.35. The monoisotopic (exact) mass is 286 g/mol. The fourth-order valence-corrected chi connectivity index (χ4v) is 3.15. The van der Waals surface area contributed by atoms with E-state index in [0.29, 0.717) is 18.1 Å². The number of hydrogen-bond donors (Lipinski definition) is 2.